The second kappa shape index (κ2) is 9.66. The quantitative estimate of drug-likeness (QED) is 0.473. The van der Waals surface area contributed by atoms with Crippen LogP contribution in [-0.4, -0.2) is 16.8 Å². The van der Waals surface area contributed by atoms with Gasteiger partial charge in [0.05, 0.1) is 22.0 Å². The number of nitrogens with one attached hydrogen (secondary N) is 2. The number of amides is 2. The molecule has 1 fully saturated rings. The maximum absolute atomic E-state index is 13.4. The molecule has 2 N–H and O–H groups in total. The third kappa shape index (κ3) is 5.44. The Hall–Kier alpha value is -3.69. The molecule has 2 aromatic carbocycles. The SMILES string of the molecule is Cc1cc(C#Cc2cccc(F)c2)nc(C)c1NC(=O)c1cc(NC(=O)[C@H]2C[C@@H]2C)ccc1Cl. The minimum Gasteiger partial charge on any atom is -0.326 e. The maximum Gasteiger partial charge on any atom is 0.257 e. The van der Waals surface area contributed by atoms with Gasteiger partial charge in [-0.25, -0.2) is 9.37 Å². The van der Waals surface area contributed by atoms with Crippen molar-refractivity contribution in [2.24, 2.45) is 11.8 Å². The van der Waals surface area contributed by atoms with Gasteiger partial charge in [-0.3, -0.25) is 9.59 Å². The number of aromatic nitrogens is 1. The van der Waals surface area contributed by atoms with Crippen LogP contribution in [0.2, 0.25) is 5.02 Å². The van der Waals surface area contributed by atoms with E-state index >= 15 is 0 Å². The number of pyridine rings is 1. The molecule has 2 amide bonds. The zero-order valence-electron chi connectivity index (χ0n) is 19.0. The summed E-state index contributed by atoms with van der Waals surface area (Å²) < 4.78 is 13.4. The molecule has 0 radical (unpaired) electrons. The molecule has 1 saturated carbocycles. The summed E-state index contributed by atoms with van der Waals surface area (Å²) in [5, 5.41) is 6.00. The van der Waals surface area contributed by atoms with E-state index in [1.807, 2.05) is 13.8 Å². The predicted molar refractivity (Wildman–Crippen MR) is 131 cm³/mol. The Balaban J connectivity index is 1.52. The first kappa shape index (κ1) is 23.5. The number of hydrogen-bond donors (Lipinski definition) is 2. The van der Waals surface area contributed by atoms with Gasteiger partial charge in [0.2, 0.25) is 5.91 Å². The van der Waals surface area contributed by atoms with Crippen molar-refractivity contribution in [3.05, 3.63) is 87.4 Å². The van der Waals surface area contributed by atoms with E-state index in [0.717, 1.165) is 12.0 Å². The van der Waals surface area contributed by atoms with E-state index in [1.165, 1.54) is 12.1 Å². The molecule has 1 aliphatic rings. The van der Waals surface area contributed by atoms with E-state index in [2.05, 4.69) is 27.5 Å². The standard InChI is InChI=1S/C27H23ClFN3O2/c1-15-12-22(15)26(33)31-21-9-10-24(28)23(14-21)27(34)32-25-16(2)11-20(30-17(25)3)8-7-18-5-4-6-19(29)13-18/h4-6,9-11,13-15,22H,12H2,1-3H3,(H,31,33)(H,32,34)/t15-,22-/m0/s1. The Morgan fingerprint density at radius 3 is 2.53 bits per heavy atom. The minimum absolute atomic E-state index is 0.0202. The van der Waals surface area contributed by atoms with Crippen LogP contribution in [0, 0.1) is 43.3 Å². The Morgan fingerprint density at radius 2 is 1.85 bits per heavy atom. The number of halogens is 2. The smallest absolute Gasteiger partial charge is 0.257 e. The monoisotopic (exact) mass is 475 g/mol. The first-order valence-electron chi connectivity index (χ1n) is 10.9. The first-order chi connectivity index (χ1) is 16.2. The number of anilines is 2. The lowest BCUT2D eigenvalue weighted by atomic mass is 10.1. The number of aryl methyl sites for hydroxylation is 2. The fourth-order valence-electron chi connectivity index (χ4n) is 3.67. The third-order valence-electron chi connectivity index (χ3n) is 5.72. The molecule has 3 aromatic rings. The van der Waals surface area contributed by atoms with E-state index in [4.69, 9.17) is 11.6 Å². The van der Waals surface area contributed by atoms with Crippen molar-refractivity contribution in [2.75, 3.05) is 10.6 Å². The molecule has 0 unspecified atom stereocenters. The molecule has 4 rings (SSSR count). The summed E-state index contributed by atoms with van der Waals surface area (Å²) in [6.45, 7) is 5.64. The number of carbonyl (C=O) groups is 2. The van der Waals surface area contributed by atoms with E-state index in [1.54, 1.807) is 43.3 Å². The summed E-state index contributed by atoms with van der Waals surface area (Å²) in [4.78, 5) is 29.7. The highest BCUT2D eigenvalue weighted by Gasteiger charge is 2.39. The Morgan fingerprint density at radius 1 is 1.09 bits per heavy atom. The van der Waals surface area contributed by atoms with Crippen LogP contribution in [0.5, 0.6) is 0 Å². The lowest BCUT2D eigenvalue weighted by Gasteiger charge is -2.13. The lowest BCUT2D eigenvalue weighted by molar-refractivity contribution is -0.117. The molecule has 0 aliphatic heterocycles. The van der Waals surface area contributed by atoms with Gasteiger partial charge in [-0.1, -0.05) is 30.5 Å². The molecule has 1 aromatic heterocycles. The number of carbonyl (C=O) groups excluding carboxylic acids is 2. The molecule has 34 heavy (non-hydrogen) atoms. The van der Waals surface area contributed by atoms with Crippen LogP contribution in [0.25, 0.3) is 0 Å². The van der Waals surface area contributed by atoms with Gasteiger partial charge in [-0.2, -0.15) is 0 Å². The van der Waals surface area contributed by atoms with Gasteiger partial charge in [-0.15, -0.1) is 0 Å². The van der Waals surface area contributed by atoms with Gasteiger partial charge in [0.25, 0.3) is 5.91 Å². The van der Waals surface area contributed by atoms with Gasteiger partial charge in [0, 0.05) is 17.2 Å². The van der Waals surface area contributed by atoms with E-state index in [0.29, 0.717) is 34.2 Å². The van der Waals surface area contributed by atoms with Crippen LogP contribution >= 0.6 is 11.6 Å². The molecule has 0 bridgehead atoms. The van der Waals surface area contributed by atoms with Crippen molar-refractivity contribution >= 4 is 34.8 Å². The highest BCUT2D eigenvalue weighted by Crippen LogP contribution is 2.38. The highest BCUT2D eigenvalue weighted by molar-refractivity contribution is 6.34. The van der Waals surface area contributed by atoms with Gasteiger partial charge in [0.1, 0.15) is 11.5 Å². The number of rotatable bonds is 4. The minimum atomic E-state index is -0.410. The topological polar surface area (TPSA) is 71.1 Å². The Labute approximate surface area is 202 Å². The van der Waals surface area contributed by atoms with Crippen molar-refractivity contribution in [1.82, 2.24) is 4.98 Å². The summed E-state index contributed by atoms with van der Waals surface area (Å²) in [5.41, 5.74) is 3.73. The highest BCUT2D eigenvalue weighted by atomic mass is 35.5. The van der Waals surface area contributed by atoms with Crippen LogP contribution in [0.15, 0.2) is 48.5 Å². The number of hydrogen-bond acceptors (Lipinski definition) is 3. The summed E-state index contributed by atoms with van der Waals surface area (Å²) in [5.74, 6) is 5.42. The molecule has 1 aliphatic carbocycles. The van der Waals surface area contributed by atoms with Crippen molar-refractivity contribution in [1.29, 1.82) is 0 Å². The molecule has 1 heterocycles. The molecule has 5 nitrogen and oxygen atoms in total. The van der Waals surface area contributed by atoms with E-state index in [-0.39, 0.29) is 28.2 Å². The Bertz CT molecular complexity index is 1340. The van der Waals surface area contributed by atoms with Gasteiger partial charge in [0.15, 0.2) is 0 Å². The van der Waals surface area contributed by atoms with E-state index < -0.39 is 5.91 Å². The van der Waals surface area contributed by atoms with Crippen LogP contribution in [0.3, 0.4) is 0 Å². The van der Waals surface area contributed by atoms with Gasteiger partial charge < -0.3 is 10.6 Å². The van der Waals surface area contributed by atoms with Crippen molar-refractivity contribution in [3.63, 3.8) is 0 Å². The number of benzene rings is 2. The fraction of sp³-hybridized carbons (Fsp3) is 0.222. The van der Waals surface area contributed by atoms with Crippen molar-refractivity contribution in [2.45, 2.75) is 27.2 Å². The summed E-state index contributed by atoms with van der Waals surface area (Å²) in [6, 6.07) is 12.6. The zero-order valence-corrected chi connectivity index (χ0v) is 19.8. The fourth-order valence-corrected chi connectivity index (χ4v) is 3.87. The second-order valence-electron chi connectivity index (χ2n) is 8.50. The molecule has 172 valence electrons. The third-order valence-corrected chi connectivity index (χ3v) is 6.05. The summed E-state index contributed by atoms with van der Waals surface area (Å²) in [7, 11) is 0. The molecule has 2 atom stereocenters. The van der Waals surface area contributed by atoms with Gasteiger partial charge >= 0.3 is 0 Å². The zero-order chi connectivity index (χ0) is 24.4. The van der Waals surface area contributed by atoms with Crippen molar-refractivity contribution in [3.8, 4) is 11.8 Å². The van der Waals surface area contributed by atoms with Crippen molar-refractivity contribution < 1.29 is 14.0 Å². The maximum atomic E-state index is 13.4. The largest absolute Gasteiger partial charge is 0.326 e. The second-order valence-corrected chi connectivity index (χ2v) is 8.91. The van der Waals surface area contributed by atoms with Crippen LogP contribution in [0.4, 0.5) is 15.8 Å². The average molecular weight is 476 g/mol. The Kier molecular flexibility index (Phi) is 6.67. The normalized spacial score (nSPS) is 16.3. The molecule has 0 saturated heterocycles. The summed E-state index contributed by atoms with van der Waals surface area (Å²) in [6.07, 6.45) is 0.876. The van der Waals surface area contributed by atoms with Crippen LogP contribution in [0.1, 0.15) is 46.2 Å². The molecular weight excluding hydrogens is 453 g/mol. The predicted octanol–water partition coefficient (Wildman–Crippen LogP) is 5.74. The summed E-state index contributed by atoms with van der Waals surface area (Å²) >= 11 is 6.27. The van der Waals surface area contributed by atoms with Crippen LogP contribution < -0.4 is 10.6 Å². The lowest BCUT2D eigenvalue weighted by Crippen LogP contribution is -2.17. The molecular formula is C27H23ClFN3O2. The molecule has 0 spiro atoms. The van der Waals surface area contributed by atoms with Crippen LogP contribution in [-0.2, 0) is 4.79 Å². The number of nitrogens with zero attached hydrogens (tertiary/aromatic N) is 1. The first-order valence-corrected chi connectivity index (χ1v) is 11.3. The average Bonchev–Trinajstić information content (AvgIpc) is 3.53. The van der Waals surface area contributed by atoms with E-state index in [9.17, 15) is 14.0 Å². The molecule has 7 heteroatoms. The van der Waals surface area contributed by atoms with Gasteiger partial charge in [-0.05, 0) is 80.1 Å².